The van der Waals surface area contributed by atoms with Gasteiger partial charge in [0.15, 0.2) is 5.78 Å². The number of nitrogens with one attached hydrogen (secondary N) is 1. The number of aryl methyl sites for hydroxylation is 1. The number of halogens is 3. The smallest absolute Gasteiger partial charge is 0.368 e. The van der Waals surface area contributed by atoms with Gasteiger partial charge in [-0.2, -0.15) is 13.2 Å². The van der Waals surface area contributed by atoms with E-state index in [4.69, 9.17) is 9.05 Å². The second-order valence-electron chi connectivity index (χ2n) is 7.38. The molecule has 0 amide bonds. The van der Waals surface area contributed by atoms with E-state index >= 15 is 0 Å². The topological polar surface area (TPSA) is 47.6 Å². The van der Waals surface area contributed by atoms with Crippen molar-refractivity contribution in [2.24, 2.45) is 0 Å². The lowest BCUT2D eigenvalue weighted by atomic mass is 10.1. The number of rotatable bonds is 8. The summed E-state index contributed by atoms with van der Waals surface area (Å²) in [5, 5.41) is 2.97. The fourth-order valence-electron chi connectivity index (χ4n) is 2.77. The van der Waals surface area contributed by atoms with Crippen LogP contribution in [0.25, 0.3) is 0 Å². The van der Waals surface area contributed by atoms with E-state index in [9.17, 15) is 17.7 Å². The van der Waals surface area contributed by atoms with Crippen LogP contribution in [0.5, 0.6) is 0 Å². The van der Waals surface area contributed by atoms with Crippen LogP contribution >= 0.6 is 7.60 Å². The first kappa shape index (κ1) is 23.5. The standard InChI is InChI=1S/C21H27F3NO3P/c1-14(2)27-29(26,28-15(3)4)20(17-11-9-16(5)10-12-17)25-19-8-6-7-18(13-19)21(22,23)24/h6-15,20,25H,1-5H3/t20-/m0/s1. The minimum absolute atomic E-state index is 0.172. The van der Waals surface area contributed by atoms with Gasteiger partial charge in [0, 0.05) is 5.69 Å². The molecule has 0 bridgehead atoms. The predicted molar refractivity (Wildman–Crippen MR) is 109 cm³/mol. The van der Waals surface area contributed by atoms with Gasteiger partial charge in [-0.3, -0.25) is 4.57 Å². The quantitative estimate of drug-likeness (QED) is 0.452. The lowest BCUT2D eigenvalue weighted by Gasteiger charge is -2.31. The zero-order valence-corrected chi connectivity index (χ0v) is 18.1. The normalized spacial score (nSPS) is 13.7. The Morgan fingerprint density at radius 1 is 0.931 bits per heavy atom. The summed E-state index contributed by atoms with van der Waals surface area (Å²) >= 11 is 0. The van der Waals surface area contributed by atoms with Crippen LogP contribution in [0.2, 0.25) is 0 Å². The van der Waals surface area contributed by atoms with Crippen LogP contribution in [-0.2, 0) is 19.8 Å². The lowest BCUT2D eigenvalue weighted by molar-refractivity contribution is -0.137. The SMILES string of the molecule is Cc1ccc([C@@H](Nc2cccc(C(F)(F)F)c2)P(=O)(OC(C)C)OC(C)C)cc1. The molecule has 0 aliphatic heterocycles. The molecule has 0 fully saturated rings. The van der Waals surface area contributed by atoms with Crippen molar-refractivity contribution in [3.8, 4) is 0 Å². The first-order valence-corrected chi connectivity index (χ1v) is 11.0. The van der Waals surface area contributed by atoms with Crippen molar-refractivity contribution >= 4 is 13.3 Å². The Morgan fingerprint density at radius 2 is 1.48 bits per heavy atom. The molecule has 0 saturated carbocycles. The Balaban J connectivity index is 2.52. The summed E-state index contributed by atoms with van der Waals surface area (Å²) in [6.07, 6.45) is -5.30. The summed E-state index contributed by atoms with van der Waals surface area (Å²) in [6, 6.07) is 12.0. The molecule has 0 saturated heterocycles. The maximum atomic E-state index is 13.8. The van der Waals surface area contributed by atoms with Gasteiger partial charge in [0.1, 0.15) is 0 Å². The second-order valence-corrected chi connectivity index (χ2v) is 9.40. The fraction of sp³-hybridized carbons (Fsp3) is 0.429. The average Bonchev–Trinajstić information content (AvgIpc) is 2.58. The zero-order valence-electron chi connectivity index (χ0n) is 17.2. The molecular weight excluding hydrogens is 402 g/mol. The minimum Gasteiger partial charge on any atom is -0.368 e. The van der Waals surface area contributed by atoms with Gasteiger partial charge in [0.2, 0.25) is 0 Å². The third-order valence-electron chi connectivity index (χ3n) is 3.92. The highest BCUT2D eigenvalue weighted by atomic mass is 31.2. The summed E-state index contributed by atoms with van der Waals surface area (Å²) in [7, 11) is -3.79. The highest BCUT2D eigenvalue weighted by molar-refractivity contribution is 7.54. The van der Waals surface area contributed by atoms with E-state index < -0.39 is 37.3 Å². The van der Waals surface area contributed by atoms with Crippen LogP contribution in [-0.4, -0.2) is 12.2 Å². The summed E-state index contributed by atoms with van der Waals surface area (Å²) in [5.74, 6) is -0.976. The highest BCUT2D eigenvalue weighted by Crippen LogP contribution is 2.62. The Kier molecular flexibility index (Phi) is 7.55. The van der Waals surface area contributed by atoms with Crippen LogP contribution in [0.3, 0.4) is 0 Å². The van der Waals surface area contributed by atoms with Crippen LogP contribution in [0.15, 0.2) is 48.5 Å². The monoisotopic (exact) mass is 429 g/mol. The van der Waals surface area contributed by atoms with Crippen LogP contribution in [0.1, 0.15) is 50.2 Å². The largest absolute Gasteiger partial charge is 0.416 e. The van der Waals surface area contributed by atoms with Crippen molar-refractivity contribution in [1.82, 2.24) is 0 Å². The Hall–Kier alpha value is -1.82. The lowest BCUT2D eigenvalue weighted by Crippen LogP contribution is -2.19. The van der Waals surface area contributed by atoms with Gasteiger partial charge < -0.3 is 14.4 Å². The molecule has 2 rings (SSSR count). The minimum atomic E-state index is -4.48. The first-order valence-electron chi connectivity index (χ1n) is 9.37. The van der Waals surface area contributed by atoms with E-state index in [1.165, 1.54) is 12.1 Å². The summed E-state index contributed by atoms with van der Waals surface area (Å²) < 4.78 is 64.6. The molecule has 0 aliphatic carbocycles. The first-order chi connectivity index (χ1) is 13.4. The molecule has 2 aromatic carbocycles. The second kappa shape index (κ2) is 9.33. The summed E-state index contributed by atoms with van der Waals surface area (Å²) in [4.78, 5) is 0. The molecule has 0 radical (unpaired) electrons. The van der Waals surface area contributed by atoms with E-state index in [2.05, 4.69) is 5.32 Å². The van der Waals surface area contributed by atoms with Crippen molar-refractivity contribution in [1.29, 1.82) is 0 Å². The third kappa shape index (κ3) is 6.59. The molecule has 0 aromatic heterocycles. The summed E-state index contributed by atoms with van der Waals surface area (Å²) in [5.41, 5.74) is 0.966. The van der Waals surface area contributed by atoms with Gasteiger partial charge in [-0.25, -0.2) is 0 Å². The summed E-state index contributed by atoms with van der Waals surface area (Å²) in [6.45, 7) is 8.83. The van der Waals surface area contributed by atoms with Crippen molar-refractivity contribution in [2.75, 3.05) is 5.32 Å². The molecule has 1 N–H and O–H groups in total. The Morgan fingerprint density at radius 3 is 1.97 bits per heavy atom. The van der Waals surface area contributed by atoms with Gasteiger partial charge in [-0.15, -0.1) is 0 Å². The maximum absolute atomic E-state index is 13.8. The molecular formula is C21H27F3NO3P. The number of anilines is 1. The van der Waals surface area contributed by atoms with Crippen molar-refractivity contribution in [3.63, 3.8) is 0 Å². The number of hydrogen-bond donors (Lipinski definition) is 1. The van der Waals surface area contributed by atoms with E-state index in [1.807, 2.05) is 19.1 Å². The fourth-order valence-corrected chi connectivity index (χ4v) is 5.08. The zero-order chi connectivity index (χ0) is 21.8. The molecule has 160 valence electrons. The van der Waals surface area contributed by atoms with Gasteiger partial charge >= 0.3 is 13.8 Å². The maximum Gasteiger partial charge on any atom is 0.416 e. The van der Waals surface area contributed by atoms with E-state index in [0.717, 1.165) is 17.7 Å². The molecule has 29 heavy (non-hydrogen) atoms. The third-order valence-corrected chi connectivity index (χ3v) is 6.41. The van der Waals surface area contributed by atoms with Crippen LogP contribution in [0.4, 0.5) is 18.9 Å². The number of alkyl halides is 3. The Bertz CT molecular complexity index is 837. The number of benzene rings is 2. The van der Waals surface area contributed by atoms with Gasteiger partial charge in [-0.05, 0) is 58.4 Å². The molecule has 0 spiro atoms. The average molecular weight is 429 g/mol. The molecule has 0 aliphatic rings. The van der Waals surface area contributed by atoms with E-state index in [0.29, 0.717) is 5.56 Å². The van der Waals surface area contributed by atoms with Crippen molar-refractivity contribution in [2.45, 2.75) is 58.8 Å². The molecule has 2 aromatic rings. The predicted octanol–water partition coefficient (Wildman–Crippen LogP) is 7.17. The van der Waals surface area contributed by atoms with Crippen molar-refractivity contribution < 1.29 is 26.8 Å². The van der Waals surface area contributed by atoms with Crippen LogP contribution in [0, 0.1) is 6.92 Å². The molecule has 8 heteroatoms. The Labute approximate surface area is 170 Å². The highest BCUT2D eigenvalue weighted by Gasteiger charge is 2.40. The van der Waals surface area contributed by atoms with E-state index in [-0.39, 0.29) is 5.69 Å². The molecule has 4 nitrogen and oxygen atoms in total. The van der Waals surface area contributed by atoms with Gasteiger partial charge in [0.05, 0.1) is 17.8 Å². The molecule has 0 unspecified atom stereocenters. The van der Waals surface area contributed by atoms with E-state index in [1.54, 1.807) is 39.8 Å². The molecule has 0 heterocycles. The van der Waals surface area contributed by atoms with Gasteiger partial charge in [0.25, 0.3) is 0 Å². The number of hydrogen-bond acceptors (Lipinski definition) is 4. The molecule has 1 atom stereocenters. The van der Waals surface area contributed by atoms with Crippen LogP contribution < -0.4 is 5.32 Å². The van der Waals surface area contributed by atoms with Gasteiger partial charge in [-0.1, -0.05) is 35.9 Å². The van der Waals surface area contributed by atoms with Crippen molar-refractivity contribution in [3.05, 3.63) is 65.2 Å².